The number of rotatable bonds is 7. The Kier molecular flexibility index (Phi) is 6.48. The summed E-state index contributed by atoms with van der Waals surface area (Å²) in [4.78, 5) is 8.98. The molecule has 0 aliphatic carbocycles. The number of benzene rings is 1. The van der Waals surface area contributed by atoms with Crippen LogP contribution in [0.5, 0.6) is 0 Å². The third-order valence-corrected chi connectivity index (χ3v) is 6.50. The van der Waals surface area contributed by atoms with Crippen molar-refractivity contribution in [3.05, 3.63) is 77.4 Å². The minimum Gasteiger partial charge on any atom is -0.383 e. The molecular weight excluding hydrogens is 418 g/mol. The van der Waals surface area contributed by atoms with E-state index in [1.54, 1.807) is 7.11 Å². The predicted octanol–water partition coefficient (Wildman–Crippen LogP) is 4.17. The fraction of sp³-hybridized carbons (Fsp3) is 0.360. The molecule has 0 amide bonds. The highest BCUT2D eigenvalue weighted by molar-refractivity contribution is 7.80. The lowest BCUT2D eigenvalue weighted by atomic mass is 9.97. The van der Waals surface area contributed by atoms with E-state index in [1.165, 1.54) is 22.6 Å². The zero-order valence-electron chi connectivity index (χ0n) is 19.4. The van der Waals surface area contributed by atoms with Gasteiger partial charge in [-0.1, -0.05) is 6.07 Å². The van der Waals surface area contributed by atoms with E-state index in [1.807, 2.05) is 18.3 Å². The lowest BCUT2D eigenvalue weighted by molar-refractivity contribution is 0.164. The summed E-state index contributed by atoms with van der Waals surface area (Å²) in [6.07, 6.45) is 1.84. The lowest BCUT2D eigenvalue weighted by Crippen LogP contribution is -2.32. The molecule has 1 aliphatic rings. The van der Waals surface area contributed by atoms with E-state index in [9.17, 15) is 0 Å². The zero-order chi connectivity index (χ0) is 22.8. The standard InChI is InChI=1S/C25H31N5OS/c1-17-16-21(18(2)30(17)20-11-9-19(10-12-20)28(3)4)24-23(22-8-6-7-13-26-22)27-25(32)29(24)14-15-31-5/h6-13,16,23-24H,14-15H2,1-5H3,(H,27,32)/t23-,24+/m1/s1. The number of aromatic nitrogens is 2. The van der Waals surface area contributed by atoms with Crippen LogP contribution in [-0.2, 0) is 4.74 Å². The number of nitrogens with one attached hydrogen (secondary N) is 1. The van der Waals surface area contributed by atoms with Crippen molar-refractivity contribution in [2.45, 2.75) is 25.9 Å². The number of pyridine rings is 1. The summed E-state index contributed by atoms with van der Waals surface area (Å²) < 4.78 is 7.70. The molecule has 6 nitrogen and oxygen atoms in total. The van der Waals surface area contributed by atoms with Crippen LogP contribution >= 0.6 is 12.2 Å². The average Bonchev–Trinajstić information content (AvgIpc) is 3.27. The fourth-order valence-corrected chi connectivity index (χ4v) is 4.89. The maximum atomic E-state index is 5.74. The number of hydrogen-bond donors (Lipinski definition) is 1. The van der Waals surface area contributed by atoms with Crippen LogP contribution in [0.25, 0.3) is 5.69 Å². The number of anilines is 1. The van der Waals surface area contributed by atoms with Crippen molar-refractivity contribution in [3.8, 4) is 5.69 Å². The van der Waals surface area contributed by atoms with Crippen LogP contribution in [0.15, 0.2) is 54.7 Å². The van der Waals surface area contributed by atoms with Gasteiger partial charge >= 0.3 is 0 Å². The van der Waals surface area contributed by atoms with Crippen LogP contribution in [0.2, 0.25) is 0 Å². The van der Waals surface area contributed by atoms with Gasteiger partial charge in [-0.25, -0.2) is 0 Å². The summed E-state index contributed by atoms with van der Waals surface area (Å²) in [6.45, 7) is 5.68. The molecule has 7 heteroatoms. The largest absolute Gasteiger partial charge is 0.383 e. The Labute approximate surface area is 195 Å². The summed E-state index contributed by atoms with van der Waals surface area (Å²) in [5.74, 6) is 0. The SMILES string of the molecule is COCCN1C(=S)N[C@H](c2ccccn2)[C@@H]1c1cc(C)n(-c2ccc(N(C)C)cc2)c1C. The first-order valence-corrected chi connectivity index (χ1v) is 11.3. The minimum atomic E-state index is -0.0226. The first-order valence-electron chi connectivity index (χ1n) is 10.9. The third kappa shape index (κ3) is 4.10. The number of thiocarbonyl (C=S) groups is 1. The number of aryl methyl sites for hydroxylation is 1. The normalized spacial score (nSPS) is 18.2. The molecule has 0 radical (unpaired) electrons. The van der Waals surface area contributed by atoms with Crippen LogP contribution in [-0.4, -0.2) is 53.9 Å². The monoisotopic (exact) mass is 449 g/mol. The highest BCUT2D eigenvalue weighted by atomic mass is 32.1. The summed E-state index contributed by atoms with van der Waals surface area (Å²) >= 11 is 5.74. The molecule has 1 N–H and O–H groups in total. The van der Waals surface area contributed by atoms with Gasteiger partial charge in [0, 0.05) is 56.7 Å². The van der Waals surface area contributed by atoms with E-state index in [4.69, 9.17) is 17.0 Å². The molecule has 1 fully saturated rings. The molecule has 32 heavy (non-hydrogen) atoms. The molecule has 2 atom stereocenters. The molecule has 0 unspecified atom stereocenters. The van der Waals surface area contributed by atoms with Gasteiger partial charge in [0.15, 0.2) is 5.11 Å². The van der Waals surface area contributed by atoms with E-state index in [0.717, 1.165) is 23.0 Å². The Morgan fingerprint density at radius 2 is 1.88 bits per heavy atom. The van der Waals surface area contributed by atoms with Crippen LogP contribution in [0, 0.1) is 13.8 Å². The van der Waals surface area contributed by atoms with E-state index in [0.29, 0.717) is 6.61 Å². The Balaban J connectivity index is 1.78. The maximum Gasteiger partial charge on any atom is 0.170 e. The van der Waals surface area contributed by atoms with Crippen LogP contribution < -0.4 is 10.2 Å². The highest BCUT2D eigenvalue weighted by Gasteiger charge is 2.41. The minimum absolute atomic E-state index is 0.0226. The summed E-state index contributed by atoms with van der Waals surface area (Å²) in [7, 11) is 5.84. The second-order valence-electron chi connectivity index (χ2n) is 8.39. The van der Waals surface area contributed by atoms with Gasteiger partial charge in [0.05, 0.1) is 24.4 Å². The highest BCUT2D eigenvalue weighted by Crippen LogP contribution is 2.41. The molecule has 0 spiro atoms. The molecular formula is C25H31N5OS. The van der Waals surface area contributed by atoms with Gasteiger partial charge in [0.25, 0.3) is 0 Å². The first-order chi connectivity index (χ1) is 15.4. The van der Waals surface area contributed by atoms with Crippen LogP contribution in [0.4, 0.5) is 5.69 Å². The van der Waals surface area contributed by atoms with Crippen LogP contribution in [0.3, 0.4) is 0 Å². The number of methoxy groups -OCH3 is 1. The van der Waals surface area contributed by atoms with Gasteiger partial charge in [0.2, 0.25) is 0 Å². The summed E-state index contributed by atoms with van der Waals surface area (Å²) in [5.41, 5.74) is 6.98. The zero-order valence-corrected chi connectivity index (χ0v) is 20.2. The van der Waals surface area contributed by atoms with E-state index < -0.39 is 0 Å². The Morgan fingerprint density at radius 1 is 1.12 bits per heavy atom. The number of ether oxygens (including phenoxy) is 1. The van der Waals surface area contributed by atoms with E-state index >= 15 is 0 Å². The molecule has 2 aromatic heterocycles. The first kappa shape index (κ1) is 22.3. The molecule has 1 saturated heterocycles. The molecule has 3 heterocycles. The van der Waals surface area contributed by atoms with Gasteiger partial charge in [-0.15, -0.1) is 0 Å². The van der Waals surface area contributed by atoms with E-state index in [-0.39, 0.29) is 12.1 Å². The Hall–Kier alpha value is -2.90. The molecule has 3 aromatic rings. The molecule has 4 rings (SSSR count). The van der Waals surface area contributed by atoms with E-state index in [2.05, 4.69) is 89.0 Å². The van der Waals surface area contributed by atoms with Crippen molar-refractivity contribution in [2.75, 3.05) is 39.3 Å². The summed E-state index contributed by atoms with van der Waals surface area (Å²) in [5, 5.41) is 4.26. The smallest absolute Gasteiger partial charge is 0.170 e. The van der Waals surface area contributed by atoms with Gasteiger partial charge in [-0.2, -0.15) is 0 Å². The maximum absolute atomic E-state index is 5.74. The van der Waals surface area contributed by atoms with Gasteiger partial charge in [-0.3, -0.25) is 4.98 Å². The number of nitrogens with zero attached hydrogens (tertiary/aromatic N) is 4. The third-order valence-electron chi connectivity index (χ3n) is 6.15. The molecule has 0 bridgehead atoms. The lowest BCUT2D eigenvalue weighted by Gasteiger charge is -2.28. The fourth-order valence-electron chi connectivity index (χ4n) is 4.56. The van der Waals surface area contributed by atoms with Crippen LogP contribution in [0.1, 0.15) is 34.7 Å². The quantitative estimate of drug-likeness (QED) is 0.546. The van der Waals surface area contributed by atoms with Crippen molar-refractivity contribution in [3.63, 3.8) is 0 Å². The topological polar surface area (TPSA) is 45.6 Å². The van der Waals surface area contributed by atoms with Gasteiger partial charge in [0.1, 0.15) is 0 Å². The Morgan fingerprint density at radius 3 is 2.50 bits per heavy atom. The van der Waals surface area contributed by atoms with Gasteiger partial charge < -0.3 is 24.4 Å². The van der Waals surface area contributed by atoms with Gasteiger partial charge in [-0.05, 0) is 74.1 Å². The predicted molar refractivity (Wildman–Crippen MR) is 134 cm³/mol. The van der Waals surface area contributed by atoms with Crippen molar-refractivity contribution in [1.29, 1.82) is 0 Å². The van der Waals surface area contributed by atoms with Crippen molar-refractivity contribution in [2.24, 2.45) is 0 Å². The van der Waals surface area contributed by atoms with Crippen molar-refractivity contribution < 1.29 is 4.74 Å². The van der Waals surface area contributed by atoms with Crippen molar-refractivity contribution >= 4 is 23.0 Å². The average molecular weight is 450 g/mol. The molecule has 168 valence electrons. The second kappa shape index (κ2) is 9.30. The second-order valence-corrected chi connectivity index (χ2v) is 8.77. The Bertz CT molecular complexity index is 1080. The number of hydrogen-bond acceptors (Lipinski definition) is 4. The molecule has 1 aromatic carbocycles. The molecule has 1 aliphatic heterocycles. The molecule has 0 saturated carbocycles. The summed E-state index contributed by atoms with van der Waals surface area (Å²) in [6, 6.07) is 17.0. The van der Waals surface area contributed by atoms with Crippen molar-refractivity contribution in [1.82, 2.24) is 19.8 Å².